The molecule has 5 heteroatoms. The van der Waals surface area contributed by atoms with Crippen LogP contribution in [0.1, 0.15) is 23.5 Å². The van der Waals surface area contributed by atoms with Crippen molar-refractivity contribution in [3.05, 3.63) is 71.7 Å². The number of esters is 1. The molecule has 122 valence electrons. The molecule has 1 atom stereocenters. The van der Waals surface area contributed by atoms with Gasteiger partial charge < -0.3 is 9.72 Å². The number of hydrogen-bond acceptors (Lipinski definition) is 3. The van der Waals surface area contributed by atoms with Gasteiger partial charge in [-0.2, -0.15) is 0 Å². The summed E-state index contributed by atoms with van der Waals surface area (Å²) in [5.74, 6) is -2.21. The molecule has 0 radical (unpaired) electrons. The van der Waals surface area contributed by atoms with Crippen molar-refractivity contribution in [2.45, 2.75) is 12.3 Å². The number of benzene rings is 2. The van der Waals surface area contributed by atoms with E-state index in [1.807, 2.05) is 30.5 Å². The number of Topliss-reactive ketones (excluding diaryl/α,β-unsaturated/α-hetero) is 1. The summed E-state index contributed by atoms with van der Waals surface area (Å²) in [5.41, 5.74) is 2.58. The fourth-order valence-corrected chi connectivity index (χ4v) is 2.87. The van der Waals surface area contributed by atoms with Crippen molar-refractivity contribution in [3.8, 4) is 0 Å². The van der Waals surface area contributed by atoms with E-state index >= 15 is 0 Å². The van der Waals surface area contributed by atoms with Crippen LogP contribution in [0.25, 0.3) is 10.9 Å². The molecule has 0 fully saturated rings. The van der Waals surface area contributed by atoms with Crippen molar-refractivity contribution in [1.82, 2.24) is 4.98 Å². The highest BCUT2D eigenvalue weighted by Crippen LogP contribution is 2.33. The number of aromatic amines is 1. The van der Waals surface area contributed by atoms with Crippen molar-refractivity contribution in [2.75, 3.05) is 7.11 Å². The van der Waals surface area contributed by atoms with Crippen LogP contribution in [-0.2, 0) is 14.3 Å². The molecule has 2 aromatic carbocycles. The smallest absolute Gasteiger partial charge is 0.374 e. The highest BCUT2D eigenvalue weighted by atomic mass is 19.1. The molecular formula is C19H16FNO3. The molecule has 4 nitrogen and oxygen atoms in total. The summed E-state index contributed by atoms with van der Waals surface area (Å²) in [6, 6.07) is 13.7. The van der Waals surface area contributed by atoms with E-state index in [4.69, 9.17) is 0 Å². The lowest BCUT2D eigenvalue weighted by atomic mass is 9.87. The Morgan fingerprint density at radius 1 is 1.12 bits per heavy atom. The van der Waals surface area contributed by atoms with Crippen LogP contribution in [0, 0.1) is 5.82 Å². The summed E-state index contributed by atoms with van der Waals surface area (Å²) in [5, 5.41) is 0.962. The SMILES string of the molecule is COC(=O)C(=O)C[C@@H](c1ccc(F)cc1)c1c[nH]c2ccccc12. The van der Waals surface area contributed by atoms with Crippen molar-refractivity contribution in [1.29, 1.82) is 0 Å². The van der Waals surface area contributed by atoms with E-state index in [9.17, 15) is 14.0 Å². The highest BCUT2D eigenvalue weighted by molar-refractivity contribution is 6.33. The number of fused-ring (bicyclic) bond motifs is 1. The number of rotatable bonds is 5. The van der Waals surface area contributed by atoms with Crippen LogP contribution in [0.3, 0.4) is 0 Å². The minimum absolute atomic E-state index is 0.0415. The quantitative estimate of drug-likeness (QED) is 0.576. The number of ketones is 1. The molecule has 3 rings (SSSR count). The van der Waals surface area contributed by atoms with Crippen LogP contribution in [-0.4, -0.2) is 23.8 Å². The molecule has 1 N–H and O–H groups in total. The fraction of sp³-hybridized carbons (Fsp3) is 0.158. The first kappa shape index (κ1) is 15.9. The molecule has 1 heterocycles. The van der Waals surface area contributed by atoms with Gasteiger partial charge in [0.2, 0.25) is 5.78 Å². The lowest BCUT2D eigenvalue weighted by molar-refractivity contribution is -0.151. The number of carbonyl (C=O) groups excluding carboxylic acids is 2. The van der Waals surface area contributed by atoms with Gasteiger partial charge >= 0.3 is 5.97 Å². The van der Waals surface area contributed by atoms with Gasteiger partial charge in [-0.15, -0.1) is 0 Å². The lowest BCUT2D eigenvalue weighted by Crippen LogP contribution is -2.19. The Morgan fingerprint density at radius 2 is 1.83 bits per heavy atom. The minimum atomic E-state index is -0.873. The van der Waals surface area contributed by atoms with Crippen LogP contribution in [0.2, 0.25) is 0 Å². The number of methoxy groups -OCH3 is 1. The number of carbonyl (C=O) groups is 2. The maximum Gasteiger partial charge on any atom is 0.374 e. The van der Waals surface area contributed by atoms with E-state index in [1.165, 1.54) is 19.2 Å². The van der Waals surface area contributed by atoms with E-state index in [0.29, 0.717) is 0 Å². The molecule has 0 aliphatic heterocycles. The third-order valence-corrected chi connectivity index (χ3v) is 4.07. The molecule has 0 aliphatic carbocycles. The Kier molecular flexibility index (Phi) is 4.42. The highest BCUT2D eigenvalue weighted by Gasteiger charge is 2.25. The molecule has 0 saturated heterocycles. The largest absolute Gasteiger partial charge is 0.463 e. The van der Waals surface area contributed by atoms with Gasteiger partial charge in [0.05, 0.1) is 7.11 Å². The molecule has 0 unspecified atom stereocenters. The van der Waals surface area contributed by atoms with Crippen molar-refractivity contribution < 1.29 is 18.7 Å². The Morgan fingerprint density at radius 3 is 2.54 bits per heavy atom. The van der Waals surface area contributed by atoms with Gasteiger partial charge in [-0.05, 0) is 29.3 Å². The molecular weight excluding hydrogens is 309 g/mol. The van der Waals surface area contributed by atoms with E-state index in [1.54, 1.807) is 12.1 Å². The van der Waals surface area contributed by atoms with Crippen LogP contribution in [0.4, 0.5) is 4.39 Å². The third-order valence-electron chi connectivity index (χ3n) is 4.07. The number of H-pyrrole nitrogens is 1. The first-order chi connectivity index (χ1) is 11.6. The maximum absolute atomic E-state index is 13.2. The number of para-hydroxylation sites is 1. The first-order valence-corrected chi connectivity index (χ1v) is 7.52. The molecule has 0 amide bonds. The molecule has 24 heavy (non-hydrogen) atoms. The second-order valence-corrected chi connectivity index (χ2v) is 5.51. The number of hydrogen-bond donors (Lipinski definition) is 1. The van der Waals surface area contributed by atoms with E-state index < -0.39 is 11.8 Å². The van der Waals surface area contributed by atoms with Gasteiger partial charge in [0.15, 0.2) is 0 Å². The number of ether oxygens (including phenoxy) is 1. The summed E-state index contributed by atoms with van der Waals surface area (Å²) < 4.78 is 17.8. The van der Waals surface area contributed by atoms with Gasteiger partial charge in [-0.3, -0.25) is 4.79 Å². The zero-order valence-electron chi connectivity index (χ0n) is 13.1. The van der Waals surface area contributed by atoms with Crippen LogP contribution in [0.15, 0.2) is 54.7 Å². The first-order valence-electron chi connectivity index (χ1n) is 7.52. The van der Waals surface area contributed by atoms with E-state index in [-0.39, 0.29) is 18.2 Å². The van der Waals surface area contributed by atoms with Crippen molar-refractivity contribution in [3.63, 3.8) is 0 Å². The topological polar surface area (TPSA) is 59.2 Å². The van der Waals surface area contributed by atoms with Gasteiger partial charge in [-0.25, -0.2) is 9.18 Å². The average Bonchev–Trinajstić information content (AvgIpc) is 3.03. The summed E-state index contributed by atoms with van der Waals surface area (Å²) in [6.45, 7) is 0. The monoisotopic (exact) mass is 325 g/mol. The second-order valence-electron chi connectivity index (χ2n) is 5.51. The third kappa shape index (κ3) is 3.06. The molecule has 3 aromatic rings. The molecule has 0 spiro atoms. The summed E-state index contributed by atoms with van der Waals surface area (Å²) in [4.78, 5) is 26.8. The molecule has 0 aliphatic rings. The summed E-state index contributed by atoms with van der Waals surface area (Å²) >= 11 is 0. The second kappa shape index (κ2) is 6.66. The van der Waals surface area contributed by atoms with Crippen LogP contribution < -0.4 is 0 Å². The zero-order chi connectivity index (χ0) is 17.1. The lowest BCUT2D eigenvalue weighted by Gasteiger charge is -2.16. The summed E-state index contributed by atoms with van der Waals surface area (Å²) in [7, 11) is 1.18. The zero-order valence-corrected chi connectivity index (χ0v) is 13.1. The number of aromatic nitrogens is 1. The minimum Gasteiger partial charge on any atom is -0.463 e. The summed E-state index contributed by atoms with van der Waals surface area (Å²) in [6.07, 6.45) is 1.78. The number of halogens is 1. The van der Waals surface area contributed by atoms with Gasteiger partial charge in [0.25, 0.3) is 0 Å². The fourth-order valence-electron chi connectivity index (χ4n) is 2.87. The van der Waals surface area contributed by atoms with Crippen LogP contribution in [0.5, 0.6) is 0 Å². The maximum atomic E-state index is 13.2. The van der Waals surface area contributed by atoms with Gasteiger partial charge in [-0.1, -0.05) is 30.3 Å². The van der Waals surface area contributed by atoms with Crippen molar-refractivity contribution >= 4 is 22.7 Å². The molecule has 1 aromatic heterocycles. The Bertz CT molecular complexity index is 883. The average molecular weight is 325 g/mol. The van der Waals surface area contributed by atoms with Crippen LogP contribution >= 0.6 is 0 Å². The van der Waals surface area contributed by atoms with E-state index in [0.717, 1.165) is 22.0 Å². The standard InChI is InChI=1S/C19H16FNO3/c1-24-19(23)18(22)10-15(12-6-8-13(20)9-7-12)16-11-21-17-5-3-2-4-14(16)17/h2-9,11,15,21H,10H2,1H3/t15-/m0/s1. The van der Waals surface area contributed by atoms with E-state index in [2.05, 4.69) is 9.72 Å². The Hall–Kier alpha value is -2.95. The van der Waals surface area contributed by atoms with Gasteiger partial charge in [0, 0.05) is 29.4 Å². The molecule has 0 saturated carbocycles. The Labute approximate surface area is 138 Å². The Balaban J connectivity index is 2.06. The predicted octanol–water partition coefficient (Wildman–Crippen LogP) is 3.57. The van der Waals surface area contributed by atoms with Crippen molar-refractivity contribution in [2.24, 2.45) is 0 Å². The molecule has 0 bridgehead atoms. The van der Waals surface area contributed by atoms with Gasteiger partial charge in [0.1, 0.15) is 5.82 Å². The predicted molar refractivity (Wildman–Crippen MR) is 88.2 cm³/mol. The normalized spacial score (nSPS) is 12.1. The number of nitrogens with one attached hydrogen (secondary N) is 1.